The second-order valence-electron chi connectivity index (χ2n) is 9.24. The van der Waals surface area contributed by atoms with Gasteiger partial charge in [-0.1, -0.05) is 18.2 Å². The van der Waals surface area contributed by atoms with E-state index in [0.29, 0.717) is 23.4 Å². The molecule has 1 aliphatic heterocycles. The van der Waals surface area contributed by atoms with E-state index in [2.05, 4.69) is 22.0 Å². The molecule has 1 unspecified atom stereocenters. The number of ether oxygens (including phenoxy) is 1. The Kier molecular flexibility index (Phi) is 7.39. The zero-order valence-corrected chi connectivity index (χ0v) is 20.8. The van der Waals surface area contributed by atoms with Crippen LogP contribution in [0.1, 0.15) is 56.0 Å². The molecule has 0 spiro atoms. The molecule has 0 saturated carbocycles. The Morgan fingerprint density at radius 3 is 2.56 bits per heavy atom. The molecular weight excluding hydrogens is 456 g/mol. The van der Waals surface area contributed by atoms with Gasteiger partial charge in [0.05, 0.1) is 11.6 Å². The number of nitrogens with one attached hydrogen (secondary N) is 1. The molecule has 0 bridgehead atoms. The minimum Gasteiger partial charge on any atom is -0.427 e. The van der Waals surface area contributed by atoms with E-state index in [0.717, 1.165) is 42.3 Å². The van der Waals surface area contributed by atoms with Crippen LogP contribution in [0.3, 0.4) is 0 Å². The summed E-state index contributed by atoms with van der Waals surface area (Å²) in [6.45, 7) is 3.37. The second-order valence-corrected chi connectivity index (χ2v) is 9.24. The first-order valence-electron chi connectivity index (χ1n) is 12.1. The number of aromatic nitrogens is 1. The molecule has 3 aromatic rings. The first kappa shape index (κ1) is 25.0. The van der Waals surface area contributed by atoms with Crippen molar-refractivity contribution < 1.29 is 19.1 Å². The van der Waals surface area contributed by atoms with Crippen LogP contribution in [0.15, 0.2) is 48.5 Å². The highest BCUT2D eigenvalue weighted by Crippen LogP contribution is 2.28. The summed E-state index contributed by atoms with van der Waals surface area (Å²) in [5.74, 6) is -0.464. The molecule has 186 valence electrons. The number of hydrogen-bond acceptors (Lipinski definition) is 5. The van der Waals surface area contributed by atoms with Crippen LogP contribution in [0.2, 0.25) is 0 Å². The first-order chi connectivity index (χ1) is 17.3. The van der Waals surface area contributed by atoms with Crippen LogP contribution < -0.4 is 10.1 Å². The molecule has 2 amide bonds. The second kappa shape index (κ2) is 10.6. The van der Waals surface area contributed by atoms with Crippen molar-refractivity contribution in [2.75, 3.05) is 6.54 Å². The van der Waals surface area contributed by atoms with Gasteiger partial charge in [-0.05, 0) is 67.0 Å². The topological polar surface area (TPSA) is 104 Å². The molecule has 2 atom stereocenters. The number of aryl methyl sites for hydroxylation is 2. The van der Waals surface area contributed by atoms with Crippen LogP contribution >= 0.6 is 0 Å². The van der Waals surface area contributed by atoms with Gasteiger partial charge in [0, 0.05) is 44.7 Å². The van der Waals surface area contributed by atoms with E-state index in [1.807, 2.05) is 30.1 Å². The first-order valence-corrected chi connectivity index (χ1v) is 12.1. The van der Waals surface area contributed by atoms with Crippen molar-refractivity contribution in [3.05, 3.63) is 65.4 Å². The van der Waals surface area contributed by atoms with Gasteiger partial charge >= 0.3 is 5.97 Å². The number of fused-ring (bicyclic) bond motifs is 1. The molecule has 2 heterocycles. The van der Waals surface area contributed by atoms with Crippen molar-refractivity contribution in [3.8, 4) is 11.8 Å². The van der Waals surface area contributed by atoms with Gasteiger partial charge in [-0.25, -0.2) is 0 Å². The minimum atomic E-state index is -0.809. The predicted octanol–water partition coefficient (Wildman–Crippen LogP) is 3.78. The lowest BCUT2D eigenvalue weighted by Gasteiger charge is -2.29. The molecule has 36 heavy (non-hydrogen) atoms. The summed E-state index contributed by atoms with van der Waals surface area (Å²) in [6, 6.07) is 15.9. The number of benzene rings is 2. The smallest absolute Gasteiger partial charge is 0.308 e. The Bertz CT molecular complexity index is 1340. The van der Waals surface area contributed by atoms with Gasteiger partial charge in [0.1, 0.15) is 11.8 Å². The number of nitriles is 1. The van der Waals surface area contributed by atoms with Gasteiger partial charge in [-0.2, -0.15) is 5.26 Å². The van der Waals surface area contributed by atoms with E-state index < -0.39 is 12.0 Å². The summed E-state index contributed by atoms with van der Waals surface area (Å²) in [4.78, 5) is 38.7. The monoisotopic (exact) mass is 486 g/mol. The number of nitrogens with zero attached hydrogens (tertiary/aromatic N) is 3. The molecule has 1 saturated heterocycles. The van der Waals surface area contributed by atoms with E-state index in [1.165, 1.54) is 13.8 Å². The van der Waals surface area contributed by atoms with Crippen LogP contribution in [-0.4, -0.2) is 39.8 Å². The summed E-state index contributed by atoms with van der Waals surface area (Å²) in [5, 5.41) is 13.1. The number of likely N-dealkylation sites (tertiary alicyclic amines) is 1. The molecule has 0 radical (unpaired) electrons. The highest BCUT2D eigenvalue weighted by Gasteiger charge is 2.34. The number of carbonyl (C=O) groups excluding carboxylic acids is 3. The zero-order valence-electron chi connectivity index (χ0n) is 20.8. The number of carbonyl (C=O) groups is 3. The minimum absolute atomic E-state index is 0.0711. The van der Waals surface area contributed by atoms with Crippen LogP contribution in [-0.2, 0) is 27.9 Å². The van der Waals surface area contributed by atoms with Gasteiger partial charge in [0.25, 0.3) is 0 Å². The average Bonchev–Trinajstić information content (AvgIpc) is 3.45. The molecule has 4 rings (SSSR count). The van der Waals surface area contributed by atoms with Gasteiger partial charge < -0.3 is 19.5 Å². The highest BCUT2D eigenvalue weighted by atomic mass is 16.5. The Balaban J connectivity index is 1.50. The standard InChI is InChI=1S/C28H30N4O4/c1-18(33)30-27(21-8-12-25(13-9-21)36-19(2)34)28(35)32-14-4-5-23(32)10-11-24-16-22-7-6-20(17-29)15-26(22)31(24)3/h6-9,12-13,15-16,23,27H,4-5,10-11,14H2,1-3H3,(H,30,33)/t23?,27-/m1/s1. The van der Waals surface area contributed by atoms with E-state index >= 15 is 0 Å². The third kappa shape index (κ3) is 5.41. The largest absolute Gasteiger partial charge is 0.427 e. The van der Waals surface area contributed by atoms with Crippen LogP contribution in [0.4, 0.5) is 0 Å². The molecule has 0 aliphatic carbocycles. The normalized spacial score (nSPS) is 15.9. The molecule has 1 aliphatic rings. The van der Waals surface area contributed by atoms with Gasteiger partial charge in [0.2, 0.25) is 11.8 Å². The Hall–Kier alpha value is -4.12. The molecule has 1 aromatic heterocycles. The Morgan fingerprint density at radius 2 is 1.89 bits per heavy atom. The van der Waals surface area contributed by atoms with E-state index in [4.69, 9.17) is 4.74 Å². The number of hydrogen-bond donors (Lipinski definition) is 1. The SMILES string of the molecule is CC(=O)N[C@@H](C(=O)N1CCCC1CCc1cc2ccc(C#N)cc2n1C)c1ccc(OC(C)=O)cc1. The summed E-state index contributed by atoms with van der Waals surface area (Å²) in [5.41, 5.74) is 3.44. The van der Waals surface area contributed by atoms with E-state index in [-0.39, 0.29) is 17.9 Å². The van der Waals surface area contributed by atoms with Crippen LogP contribution in [0, 0.1) is 11.3 Å². The number of esters is 1. The maximum absolute atomic E-state index is 13.6. The van der Waals surface area contributed by atoms with Crippen molar-refractivity contribution in [1.29, 1.82) is 5.26 Å². The Morgan fingerprint density at radius 1 is 1.14 bits per heavy atom. The van der Waals surface area contributed by atoms with Crippen LogP contribution in [0.25, 0.3) is 10.9 Å². The number of rotatable bonds is 7. The molecule has 8 heteroatoms. The molecule has 1 fully saturated rings. The van der Waals surface area contributed by atoms with Crippen molar-refractivity contribution in [3.63, 3.8) is 0 Å². The van der Waals surface area contributed by atoms with Crippen molar-refractivity contribution >= 4 is 28.7 Å². The summed E-state index contributed by atoms with van der Waals surface area (Å²) >= 11 is 0. The summed E-state index contributed by atoms with van der Waals surface area (Å²) < 4.78 is 7.20. The molecule has 1 N–H and O–H groups in total. The molecule has 8 nitrogen and oxygen atoms in total. The zero-order chi connectivity index (χ0) is 25.8. The van der Waals surface area contributed by atoms with Crippen molar-refractivity contribution in [2.45, 2.75) is 51.6 Å². The van der Waals surface area contributed by atoms with E-state index in [9.17, 15) is 19.6 Å². The third-order valence-corrected chi connectivity index (χ3v) is 6.74. The summed E-state index contributed by atoms with van der Waals surface area (Å²) in [6.07, 6.45) is 3.42. The lowest BCUT2D eigenvalue weighted by atomic mass is 10.0. The summed E-state index contributed by atoms with van der Waals surface area (Å²) in [7, 11) is 2.00. The molecular formula is C28H30N4O4. The number of amides is 2. The Labute approximate surface area is 210 Å². The lowest BCUT2D eigenvalue weighted by molar-refractivity contribution is -0.137. The van der Waals surface area contributed by atoms with Gasteiger partial charge in [-0.15, -0.1) is 0 Å². The third-order valence-electron chi connectivity index (χ3n) is 6.74. The van der Waals surface area contributed by atoms with Crippen molar-refractivity contribution in [1.82, 2.24) is 14.8 Å². The lowest BCUT2D eigenvalue weighted by Crippen LogP contribution is -2.44. The molecule has 2 aromatic carbocycles. The maximum Gasteiger partial charge on any atom is 0.308 e. The van der Waals surface area contributed by atoms with Gasteiger partial charge in [0.15, 0.2) is 0 Å². The highest BCUT2D eigenvalue weighted by molar-refractivity contribution is 5.88. The van der Waals surface area contributed by atoms with Crippen molar-refractivity contribution in [2.24, 2.45) is 7.05 Å². The fraction of sp³-hybridized carbons (Fsp3) is 0.357. The van der Waals surface area contributed by atoms with Crippen LogP contribution in [0.5, 0.6) is 5.75 Å². The van der Waals surface area contributed by atoms with E-state index in [1.54, 1.807) is 24.3 Å². The maximum atomic E-state index is 13.6. The quantitative estimate of drug-likeness (QED) is 0.404. The van der Waals surface area contributed by atoms with Gasteiger partial charge in [-0.3, -0.25) is 14.4 Å². The predicted molar refractivity (Wildman–Crippen MR) is 135 cm³/mol. The average molecular weight is 487 g/mol. The fourth-order valence-corrected chi connectivity index (χ4v) is 4.99. The fourth-order valence-electron chi connectivity index (χ4n) is 4.99.